The molecule has 0 radical (unpaired) electrons. The van der Waals surface area contributed by atoms with E-state index in [1.54, 1.807) is 0 Å². The highest BCUT2D eigenvalue weighted by Crippen LogP contribution is 2.05. The van der Waals surface area contributed by atoms with E-state index in [9.17, 15) is 25.2 Å². The second-order valence-electron chi connectivity index (χ2n) is 8.77. The molecule has 0 fully saturated rings. The van der Waals surface area contributed by atoms with Crippen LogP contribution in [0, 0.1) is 0 Å². The van der Waals surface area contributed by atoms with Crippen molar-refractivity contribution >= 4 is 115 Å². The van der Waals surface area contributed by atoms with Gasteiger partial charge in [-0.2, -0.15) is 0 Å². The Morgan fingerprint density at radius 1 is 0.250 bits per heavy atom. The van der Waals surface area contributed by atoms with E-state index in [2.05, 4.69) is 113 Å². The summed E-state index contributed by atoms with van der Waals surface area (Å²) in [6.45, 7) is 0. The van der Waals surface area contributed by atoms with Gasteiger partial charge in [0, 0.05) is 0 Å². The van der Waals surface area contributed by atoms with Gasteiger partial charge < -0.3 is 56.8 Å². The lowest BCUT2D eigenvalue weighted by Crippen LogP contribution is -1.84. The molecule has 30 heteroatoms. The third-order valence-corrected chi connectivity index (χ3v) is 0. The average Bonchev–Trinajstić information content (AvgIpc) is 2.61. The van der Waals surface area contributed by atoms with Gasteiger partial charge in [-0.25, -0.2) is 25.2 Å². The molecule has 0 N–H and O–H groups in total. The van der Waals surface area contributed by atoms with Gasteiger partial charge in [-0.05, 0) is 65.4 Å². The molecule has 0 saturated heterocycles. The highest BCUT2D eigenvalue weighted by molar-refractivity contribution is 7.95. The lowest BCUT2D eigenvalue weighted by molar-refractivity contribution is -0.175. The van der Waals surface area contributed by atoms with Gasteiger partial charge in [0.25, 0.3) is 0 Å². The molecule has 0 heterocycles. The van der Waals surface area contributed by atoms with Gasteiger partial charge in [0.15, 0.2) is 50.0 Å². The SMILES string of the molecule is C[S+](C)C.C[S+](C)C.C[S+](C)C.C[S+](C)C.C[S+](C)C.C[S+](C)C.O=[PH]([O-])F.O=[PH]([O-])F.O=[PH]([O-])F.O=[PH]([O-])F.O=[PH]([O-])F.O=[PH]([O-])F. The standard InChI is InChI=1S/6C3H9S.6FH2O2P/c12*1-4(2)3/h6*1-3H3;6*4H,(H,2,3)/q6*+1;;;;;;/p-6. The zero-order valence-corrected chi connectivity index (χ0v) is 41.5. The Kier molecular flexibility index (Phi) is 137. The largest absolute Gasteiger partial charge is 0.777 e. The maximum atomic E-state index is 9.99. The quantitative estimate of drug-likeness (QED) is 0.189. The van der Waals surface area contributed by atoms with E-state index in [0.717, 1.165) is 0 Å². The minimum atomic E-state index is -3.88. The Bertz CT molecular complexity index is 509. The van der Waals surface area contributed by atoms with Crippen LogP contribution in [0.1, 0.15) is 0 Å². The van der Waals surface area contributed by atoms with Gasteiger partial charge in [0.2, 0.25) is 0 Å². The molecule has 0 aromatic rings. The van der Waals surface area contributed by atoms with E-state index in [-0.39, 0.29) is 0 Å². The Labute approximate surface area is 308 Å². The first-order chi connectivity index (χ1) is 20.8. The molecule has 6 unspecified atom stereocenters. The summed E-state index contributed by atoms with van der Waals surface area (Å²) in [7, 11) is -19.4. The van der Waals surface area contributed by atoms with Crippen molar-refractivity contribution in [1.29, 1.82) is 0 Å². The van der Waals surface area contributed by atoms with Crippen molar-refractivity contribution in [1.82, 2.24) is 0 Å². The number of hydrogen-bond donors (Lipinski definition) is 0. The van der Waals surface area contributed by atoms with Crippen molar-refractivity contribution in [2.24, 2.45) is 0 Å². The maximum absolute atomic E-state index is 9.99. The molecule has 0 saturated carbocycles. The van der Waals surface area contributed by atoms with Crippen molar-refractivity contribution in [3.05, 3.63) is 0 Å². The Morgan fingerprint density at radius 2 is 0.250 bits per heavy atom. The van der Waals surface area contributed by atoms with Crippen LogP contribution in [-0.2, 0) is 92.8 Å². The van der Waals surface area contributed by atoms with Gasteiger partial charge in [-0.1, -0.05) is 0 Å². The van der Waals surface area contributed by atoms with Crippen LogP contribution in [0.2, 0.25) is 0 Å². The Morgan fingerprint density at radius 3 is 0.250 bits per heavy atom. The van der Waals surface area contributed by atoms with Crippen LogP contribution in [0.3, 0.4) is 0 Å². The third kappa shape index (κ3) is 14000. The third-order valence-electron chi connectivity index (χ3n) is 0. The fourth-order valence-corrected chi connectivity index (χ4v) is 0. The van der Waals surface area contributed by atoms with E-state index in [0.29, 0.717) is 65.4 Å². The van der Waals surface area contributed by atoms with Gasteiger partial charge in [-0.3, -0.25) is 0 Å². The minimum absolute atomic E-state index is 0.639. The molecule has 12 nitrogen and oxygen atoms in total. The fraction of sp³-hybridized carbons (Fsp3) is 1.00. The first-order valence-electron chi connectivity index (χ1n) is 10.9. The van der Waals surface area contributed by atoms with Crippen LogP contribution in [-0.4, -0.2) is 113 Å². The Hall–Kier alpha value is 2.82. The molecule has 0 bridgehead atoms. The normalized spacial score (nSPS) is 12.2. The molecular weight excluding hydrogens is 900 g/mol. The molecular formula is C18H60F6O12P6S6. The number of rotatable bonds is 0. The minimum Gasteiger partial charge on any atom is -0.777 e. The average molecular weight is 961 g/mol. The molecule has 0 amide bonds. The van der Waals surface area contributed by atoms with E-state index in [1.165, 1.54) is 0 Å². The first kappa shape index (κ1) is 83.7. The van der Waals surface area contributed by atoms with Crippen LogP contribution in [0.15, 0.2) is 0 Å². The van der Waals surface area contributed by atoms with Crippen molar-refractivity contribution in [2.45, 2.75) is 0 Å². The zero-order chi connectivity index (χ0) is 42.9. The number of halogens is 6. The summed E-state index contributed by atoms with van der Waals surface area (Å²) >= 11 is 0. The summed E-state index contributed by atoms with van der Waals surface area (Å²) in [6, 6.07) is 0. The molecule has 0 aromatic heterocycles. The lowest BCUT2D eigenvalue weighted by atomic mass is 11.9. The van der Waals surface area contributed by atoms with E-state index in [4.69, 9.17) is 56.8 Å². The molecule has 312 valence electrons. The monoisotopic (exact) mass is 960 g/mol. The van der Waals surface area contributed by atoms with Crippen LogP contribution < -0.4 is 29.4 Å². The summed E-state index contributed by atoms with van der Waals surface area (Å²) in [5, 5.41) is 0. The smallest absolute Gasteiger partial charge is 0.169 e. The van der Waals surface area contributed by atoms with E-state index in [1.807, 2.05) is 0 Å². The van der Waals surface area contributed by atoms with Crippen molar-refractivity contribution in [3.63, 3.8) is 0 Å². The van der Waals surface area contributed by atoms with Crippen LogP contribution in [0.5, 0.6) is 0 Å². The van der Waals surface area contributed by atoms with Gasteiger partial charge in [0.1, 0.15) is 0 Å². The molecule has 0 aromatic carbocycles. The molecule has 0 aliphatic rings. The van der Waals surface area contributed by atoms with Crippen molar-refractivity contribution in [2.75, 3.05) is 113 Å². The van der Waals surface area contributed by atoms with Crippen molar-refractivity contribution in [3.8, 4) is 0 Å². The molecule has 0 rings (SSSR count). The summed E-state index contributed by atoms with van der Waals surface area (Å²) < 4.78 is 110. The maximum Gasteiger partial charge on any atom is 0.169 e. The van der Waals surface area contributed by atoms with Gasteiger partial charge in [0.05, 0.1) is 113 Å². The predicted molar refractivity (Wildman–Crippen MR) is 211 cm³/mol. The van der Waals surface area contributed by atoms with E-state index < -0.39 is 50.0 Å². The zero-order valence-electron chi connectivity index (χ0n) is 30.6. The predicted octanol–water partition coefficient (Wildman–Crippen LogP) is 1.20. The van der Waals surface area contributed by atoms with Gasteiger partial charge in [-0.15, -0.1) is 0 Å². The molecule has 0 aliphatic heterocycles. The summed E-state index contributed by atoms with van der Waals surface area (Å²) in [6.07, 6.45) is 39.5. The van der Waals surface area contributed by atoms with Crippen molar-refractivity contribution < 1.29 is 81.9 Å². The highest BCUT2D eigenvalue weighted by Gasteiger charge is 1.79. The molecule has 48 heavy (non-hydrogen) atoms. The highest BCUT2D eigenvalue weighted by atomic mass is 32.2. The van der Waals surface area contributed by atoms with Crippen LogP contribution in [0.25, 0.3) is 0 Å². The summed E-state index contributed by atoms with van der Waals surface area (Å²) in [4.78, 5) is 50.4. The first-order valence-corrected chi connectivity index (χ1v) is 32.8. The topological polar surface area (TPSA) is 241 Å². The fourth-order valence-electron chi connectivity index (χ4n) is 0. The summed E-state index contributed by atoms with van der Waals surface area (Å²) in [5.74, 6) is 0. The second kappa shape index (κ2) is 78.8. The Balaban J connectivity index is -0.0000000295. The second-order valence-corrected chi connectivity index (χ2v) is 26.3. The number of hydrogen-bond acceptors (Lipinski definition) is 12. The van der Waals surface area contributed by atoms with E-state index >= 15 is 0 Å². The lowest BCUT2D eigenvalue weighted by Gasteiger charge is -1.79. The van der Waals surface area contributed by atoms with Crippen LogP contribution >= 0.6 is 50.0 Å². The van der Waals surface area contributed by atoms with Crippen LogP contribution in [0.4, 0.5) is 25.2 Å². The van der Waals surface area contributed by atoms with Gasteiger partial charge >= 0.3 is 0 Å². The molecule has 0 spiro atoms. The molecule has 6 atom stereocenters. The molecule has 0 aliphatic carbocycles. The summed E-state index contributed by atoms with van der Waals surface area (Å²) in [5.41, 5.74) is 0.